The van der Waals surface area contributed by atoms with Crippen LogP contribution in [0.2, 0.25) is 5.02 Å². The minimum Gasteiger partial charge on any atom is -0.464 e. The zero-order chi connectivity index (χ0) is 23.9. The normalized spacial score (nSPS) is 21.4. The molecule has 0 N–H and O–H groups in total. The number of fused-ring (bicyclic) bond motifs is 2. The van der Waals surface area contributed by atoms with Gasteiger partial charge in [0.1, 0.15) is 11.5 Å². The van der Waals surface area contributed by atoms with Crippen molar-refractivity contribution in [2.24, 2.45) is 0 Å². The molecule has 6 nitrogen and oxygen atoms in total. The van der Waals surface area contributed by atoms with Gasteiger partial charge in [-0.1, -0.05) is 48.0 Å². The molecule has 2 aliphatic heterocycles. The van der Waals surface area contributed by atoms with E-state index in [1.54, 1.807) is 30.0 Å². The lowest BCUT2D eigenvalue weighted by Crippen LogP contribution is -2.53. The first kappa shape index (κ1) is 22.6. The Labute approximate surface area is 206 Å². The van der Waals surface area contributed by atoms with E-state index < -0.39 is 17.4 Å². The SMILES string of the molecule is CCOC(=O)[C@@H]1N(Cc2cccs2)C(=O)C[C@]12C(=O)N(Cc1ccccc1)c1ccc(Cl)cc12. The Balaban J connectivity index is 1.64. The topological polar surface area (TPSA) is 66.9 Å². The number of esters is 1. The summed E-state index contributed by atoms with van der Waals surface area (Å²) in [5.74, 6) is -1.12. The number of ether oxygens (including phenoxy) is 1. The molecule has 2 atom stereocenters. The van der Waals surface area contributed by atoms with Crippen molar-refractivity contribution in [2.75, 3.05) is 11.5 Å². The molecule has 3 heterocycles. The van der Waals surface area contributed by atoms with Crippen LogP contribution in [-0.2, 0) is 37.6 Å². The summed E-state index contributed by atoms with van der Waals surface area (Å²) in [5, 5.41) is 2.36. The predicted molar refractivity (Wildman–Crippen MR) is 131 cm³/mol. The zero-order valence-corrected chi connectivity index (χ0v) is 20.1. The third-order valence-electron chi connectivity index (χ3n) is 6.49. The third kappa shape index (κ3) is 3.60. The van der Waals surface area contributed by atoms with Gasteiger partial charge in [0.15, 0.2) is 0 Å². The number of anilines is 1. The summed E-state index contributed by atoms with van der Waals surface area (Å²) in [6.07, 6.45) is -0.112. The van der Waals surface area contributed by atoms with Crippen LogP contribution in [0.5, 0.6) is 0 Å². The van der Waals surface area contributed by atoms with Gasteiger partial charge in [0.2, 0.25) is 11.8 Å². The molecule has 0 bridgehead atoms. The molecule has 174 valence electrons. The molecular formula is C26H23ClN2O4S. The number of rotatable bonds is 6. The maximum Gasteiger partial charge on any atom is 0.330 e. The van der Waals surface area contributed by atoms with Crippen molar-refractivity contribution in [3.8, 4) is 0 Å². The molecule has 5 rings (SSSR count). The number of benzene rings is 2. The van der Waals surface area contributed by atoms with E-state index in [-0.39, 0.29) is 31.4 Å². The average molecular weight is 495 g/mol. The fourth-order valence-electron chi connectivity index (χ4n) is 5.07. The highest BCUT2D eigenvalue weighted by molar-refractivity contribution is 7.09. The Kier molecular flexibility index (Phi) is 5.91. The first-order valence-corrected chi connectivity index (χ1v) is 12.4. The lowest BCUT2D eigenvalue weighted by Gasteiger charge is -2.32. The first-order chi connectivity index (χ1) is 16.5. The minimum absolute atomic E-state index is 0.112. The molecule has 0 aliphatic carbocycles. The van der Waals surface area contributed by atoms with Gasteiger partial charge in [-0.05, 0) is 47.7 Å². The van der Waals surface area contributed by atoms with Crippen molar-refractivity contribution in [2.45, 2.75) is 37.9 Å². The second-order valence-corrected chi connectivity index (χ2v) is 9.91. The summed E-state index contributed by atoms with van der Waals surface area (Å²) < 4.78 is 5.42. The average Bonchev–Trinajstić information content (AvgIpc) is 3.49. The molecule has 1 fully saturated rings. The Bertz CT molecular complexity index is 1250. The van der Waals surface area contributed by atoms with Gasteiger partial charge in [0, 0.05) is 22.0 Å². The van der Waals surface area contributed by atoms with E-state index in [9.17, 15) is 14.4 Å². The Morgan fingerprint density at radius 1 is 1.12 bits per heavy atom. The summed E-state index contributed by atoms with van der Waals surface area (Å²) >= 11 is 7.87. The van der Waals surface area contributed by atoms with Gasteiger partial charge in [-0.2, -0.15) is 0 Å². The van der Waals surface area contributed by atoms with Gasteiger partial charge in [-0.3, -0.25) is 9.59 Å². The Morgan fingerprint density at radius 2 is 1.91 bits per heavy atom. The summed E-state index contributed by atoms with van der Waals surface area (Å²) in [6.45, 7) is 2.43. The maximum atomic E-state index is 14.2. The summed E-state index contributed by atoms with van der Waals surface area (Å²) in [7, 11) is 0. The van der Waals surface area contributed by atoms with Crippen molar-refractivity contribution in [3.63, 3.8) is 0 Å². The van der Waals surface area contributed by atoms with Crippen LogP contribution in [0.1, 0.15) is 29.3 Å². The van der Waals surface area contributed by atoms with Crippen molar-refractivity contribution >= 4 is 46.4 Å². The summed E-state index contributed by atoms with van der Waals surface area (Å²) in [6, 6.07) is 17.6. The van der Waals surface area contributed by atoms with Gasteiger partial charge in [-0.15, -0.1) is 11.3 Å². The molecule has 3 aromatic rings. The number of carbonyl (C=O) groups excluding carboxylic acids is 3. The number of halogens is 1. The number of thiophene rings is 1. The lowest BCUT2D eigenvalue weighted by molar-refractivity contribution is -0.154. The molecule has 2 aliphatic rings. The number of hydrogen-bond acceptors (Lipinski definition) is 5. The quantitative estimate of drug-likeness (QED) is 0.471. The van der Waals surface area contributed by atoms with E-state index >= 15 is 0 Å². The number of amides is 2. The van der Waals surface area contributed by atoms with E-state index in [4.69, 9.17) is 16.3 Å². The van der Waals surface area contributed by atoms with Crippen molar-refractivity contribution < 1.29 is 19.1 Å². The van der Waals surface area contributed by atoms with E-state index in [0.717, 1.165) is 10.4 Å². The minimum atomic E-state index is -1.39. The Hall–Kier alpha value is -3.16. The highest BCUT2D eigenvalue weighted by atomic mass is 35.5. The number of carbonyl (C=O) groups is 3. The highest BCUT2D eigenvalue weighted by Gasteiger charge is 2.66. The van der Waals surface area contributed by atoms with Gasteiger partial charge in [-0.25, -0.2) is 4.79 Å². The van der Waals surface area contributed by atoms with Crippen LogP contribution in [0, 0.1) is 0 Å². The molecular weight excluding hydrogens is 472 g/mol. The van der Waals surface area contributed by atoms with Crippen LogP contribution in [-0.4, -0.2) is 35.3 Å². The molecule has 2 aromatic carbocycles. The summed E-state index contributed by atoms with van der Waals surface area (Å²) in [5.41, 5.74) is 0.816. The van der Waals surface area contributed by atoms with Crippen LogP contribution in [0.3, 0.4) is 0 Å². The number of nitrogens with zero attached hydrogens (tertiary/aromatic N) is 2. The standard InChI is InChI=1S/C26H23ClN2O4S/c1-2-33-24(31)23-26(14-22(30)29(23)16-19-9-6-12-34-19)20-13-18(27)10-11-21(20)28(25(26)32)15-17-7-4-3-5-8-17/h3-13,23H,2,14-16H2,1H3/t23-,26+/m0/s1. The smallest absolute Gasteiger partial charge is 0.330 e. The molecule has 8 heteroatoms. The van der Waals surface area contributed by atoms with Crippen LogP contribution >= 0.6 is 22.9 Å². The zero-order valence-electron chi connectivity index (χ0n) is 18.6. The molecule has 1 spiro atoms. The van der Waals surface area contributed by atoms with Gasteiger partial charge >= 0.3 is 5.97 Å². The number of hydrogen-bond donors (Lipinski definition) is 0. The van der Waals surface area contributed by atoms with E-state index in [0.29, 0.717) is 22.8 Å². The molecule has 1 aromatic heterocycles. The van der Waals surface area contributed by atoms with Crippen molar-refractivity contribution in [1.82, 2.24) is 4.90 Å². The van der Waals surface area contributed by atoms with Crippen molar-refractivity contribution in [1.29, 1.82) is 0 Å². The van der Waals surface area contributed by atoms with Crippen LogP contribution < -0.4 is 4.90 Å². The monoisotopic (exact) mass is 494 g/mol. The molecule has 0 unspecified atom stereocenters. The summed E-state index contributed by atoms with van der Waals surface area (Å²) in [4.78, 5) is 45.1. The molecule has 1 saturated heterocycles. The molecule has 0 radical (unpaired) electrons. The second-order valence-electron chi connectivity index (χ2n) is 8.44. The fourth-order valence-corrected chi connectivity index (χ4v) is 5.95. The molecule has 2 amide bonds. The van der Waals surface area contributed by atoms with E-state index in [1.807, 2.05) is 47.8 Å². The largest absolute Gasteiger partial charge is 0.464 e. The molecule has 34 heavy (non-hydrogen) atoms. The predicted octanol–water partition coefficient (Wildman–Crippen LogP) is 4.55. The van der Waals surface area contributed by atoms with E-state index in [2.05, 4.69) is 0 Å². The van der Waals surface area contributed by atoms with Gasteiger partial charge < -0.3 is 14.5 Å². The van der Waals surface area contributed by atoms with Gasteiger partial charge in [0.05, 0.1) is 19.7 Å². The lowest BCUT2D eigenvalue weighted by atomic mass is 9.74. The van der Waals surface area contributed by atoms with Crippen LogP contribution in [0.4, 0.5) is 5.69 Å². The highest BCUT2D eigenvalue weighted by Crippen LogP contribution is 2.53. The fraction of sp³-hybridized carbons (Fsp3) is 0.269. The van der Waals surface area contributed by atoms with E-state index in [1.165, 1.54) is 16.2 Å². The van der Waals surface area contributed by atoms with Gasteiger partial charge in [0.25, 0.3) is 0 Å². The van der Waals surface area contributed by atoms with Crippen LogP contribution in [0.25, 0.3) is 0 Å². The van der Waals surface area contributed by atoms with Crippen molar-refractivity contribution in [3.05, 3.63) is 87.1 Å². The third-order valence-corrected chi connectivity index (χ3v) is 7.58. The second kappa shape index (κ2) is 8.89. The molecule has 0 saturated carbocycles. The van der Waals surface area contributed by atoms with Crippen LogP contribution in [0.15, 0.2) is 66.0 Å². The number of likely N-dealkylation sites (tertiary alicyclic amines) is 1. The first-order valence-electron chi connectivity index (χ1n) is 11.1. The maximum absolute atomic E-state index is 14.2. The Morgan fingerprint density at radius 3 is 2.62 bits per heavy atom.